The van der Waals surface area contributed by atoms with Crippen LogP contribution in [0.2, 0.25) is 5.02 Å². The van der Waals surface area contributed by atoms with Gasteiger partial charge < -0.3 is 15.3 Å². The fourth-order valence-electron chi connectivity index (χ4n) is 1.90. The van der Waals surface area contributed by atoms with E-state index < -0.39 is 5.97 Å². The molecule has 0 saturated carbocycles. The molecule has 0 atom stereocenters. The Bertz CT molecular complexity index is 544. The van der Waals surface area contributed by atoms with Crippen LogP contribution < -0.4 is 10.2 Å². The number of carbonyl (C=O) groups is 2. The van der Waals surface area contributed by atoms with Gasteiger partial charge in [0, 0.05) is 29.9 Å². The zero-order chi connectivity index (χ0) is 15.8. The average Bonchev–Trinajstić information content (AvgIpc) is 2.43. The molecule has 0 unspecified atom stereocenters. The number of carboxylic acids is 1. The molecule has 0 aliphatic carbocycles. The molecule has 1 aromatic carbocycles. The first-order chi connectivity index (χ1) is 9.97. The van der Waals surface area contributed by atoms with E-state index in [0.717, 1.165) is 11.8 Å². The summed E-state index contributed by atoms with van der Waals surface area (Å²) >= 11 is 5.96. The maximum absolute atomic E-state index is 11.7. The van der Waals surface area contributed by atoms with Crippen molar-refractivity contribution < 1.29 is 14.7 Å². The second-order valence-electron chi connectivity index (χ2n) is 4.34. The lowest BCUT2D eigenvalue weighted by Crippen LogP contribution is -2.37. The van der Waals surface area contributed by atoms with Crippen LogP contribution in [0.25, 0.3) is 6.08 Å². The lowest BCUT2D eigenvalue weighted by Gasteiger charge is -2.24. The number of halogens is 1. The number of amides is 1. The van der Waals surface area contributed by atoms with Crippen LogP contribution in [0.1, 0.15) is 19.4 Å². The molecule has 114 valence electrons. The van der Waals surface area contributed by atoms with Crippen LogP contribution in [-0.4, -0.2) is 36.6 Å². The predicted octanol–water partition coefficient (Wildman–Crippen LogP) is 2.40. The quantitative estimate of drug-likeness (QED) is 0.759. The third-order valence-corrected chi connectivity index (χ3v) is 3.06. The summed E-state index contributed by atoms with van der Waals surface area (Å²) in [6.45, 7) is 5.19. The summed E-state index contributed by atoms with van der Waals surface area (Å²) in [5, 5.41) is 12.0. The molecule has 0 aromatic heterocycles. The molecule has 1 aromatic rings. The first-order valence-corrected chi connectivity index (χ1v) is 7.07. The van der Waals surface area contributed by atoms with Gasteiger partial charge in [0.05, 0.1) is 6.54 Å². The Hall–Kier alpha value is -2.01. The third kappa shape index (κ3) is 5.47. The molecule has 0 spiro atoms. The molecule has 0 saturated heterocycles. The van der Waals surface area contributed by atoms with Gasteiger partial charge in [0.1, 0.15) is 0 Å². The van der Waals surface area contributed by atoms with Crippen molar-refractivity contribution in [3.63, 3.8) is 0 Å². The van der Waals surface area contributed by atoms with Crippen LogP contribution in [0.3, 0.4) is 0 Å². The van der Waals surface area contributed by atoms with E-state index in [2.05, 4.69) is 5.32 Å². The number of rotatable bonds is 7. The summed E-state index contributed by atoms with van der Waals surface area (Å²) in [7, 11) is 0. The fraction of sp³-hybridized carbons (Fsp3) is 0.333. The van der Waals surface area contributed by atoms with E-state index >= 15 is 0 Å². The summed E-state index contributed by atoms with van der Waals surface area (Å²) in [5.41, 5.74) is 1.43. The van der Waals surface area contributed by atoms with Crippen molar-refractivity contribution in [2.75, 3.05) is 24.5 Å². The number of hydrogen-bond donors (Lipinski definition) is 2. The normalized spacial score (nSPS) is 10.6. The minimum absolute atomic E-state index is 0.0811. The van der Waals surface area contributed by atoms with Crippen molar-refractivity contribution >= 4 is 35.2 Å². The standard InChI is InChI=1S/C15H19ClN2O3/c1-3-17-14(19)10-18(4-2)13-7-6-12(16)9-11(13)5-8-15(20)21/h5-9H,3-4,10H2,1-2H3,(H,17,19)(H,20,21)/b8-5+. The number of carbonyl (C=O) groups excluding carboxylic acids is 1. The monoisotopic (exact) mass is 310 g/mol. The van der Waals surface area contributed by atoms with E-state index in [9.17, 15) is 9.59 Å². The Morgan fingerprint density at radius 2 is 2.10 bits per heavy atom. The Balaban J connectivity index is 3.07. The Labute approximate surface area is 129 Å². The molecule has 5 nitrogen and oxygen atoms in total. The summed E-state index contributed by atoms with van der Waals surface area (Å²) in [6, 6.07) is 5.18. The van der Waals surface area contributed by atoms with Crippen LogP contribution in [0, 0.1) is 0 Å². The van der Waals surface area contributed by atoms with Crippen LogP contribution in [-0.2, 0) is 9.59 Å². The van der Waals surface area contributed by atoms with Gasteiger partial charge in [-0.1, -0.05) is 11.6 Å². The van der Waals surface area contributed by atoms with E-state index in [1.807, 2.05) is 18.7 Å². The Morgan fingerprint density at radius 1 is 1.38 bits per heavy atom. The number of anilines is 1. The highest BCUT2D eigenvalue weighted by molar-refractivity contribution is 6.30. The second-order valence-corrected chi connectivity index (χ2v) is 4.78. The van der Waals surface area contributed by atoms with Crippen LogP contribution >= 0.6 is 11.6 Å². The van der Waals surface area contributed by atoms with Gasteiger partial charge in [-0.3, -0.25) is 4.79 Å². The Morgan fingerprint density at radius 3 is 2.67 bits per heavy atom. The summed E-state index contributed by atoms with van der Waals surface area (Å²) < 4.78 is 0. The first kappa shape index (κ1) is 17.0. The van der Waals surface area contributed by atoms with E-state index in [0.29, 0.717) is 23.7 Å². The maximum Gasteiger partial charge on any atom is 0.328 e. The van der Waals surface area contributed by atoms with Gasteiger partial charge in [0.25, 0.3) is 0 Å². The number of nitrogens with zero attached hydrogens (tertiary/aromatic N) is 1. The molecule has 1 rings (SSSR count). The van der Waals surface area contributed by atoms with Gasteiger partial charge in [-0.15, -0.1) is 0 Å². The molecular weight excluding hydrogens is 292 g/mol. The largest absolute Gasteiger partial charge is 0.478 e. The topological polar surface area (TPSA) is 69.6 Å². The van der Waals surface area contributed by atoms with Gasteiger partial charge >= 0.3 is 5.97 Å². The highest BCUT2D eigenvalue weighted by Gasteiger charge is 2.12. The van der Waals surface area contributed by atoms with E-state index in [4.69, 9.17) is 16.7 Å². The minimum Gasteiger partial charge on any atom is -0.478 e. The number of nitrogens with one attached hydrogen (secondary N) is 1. The maximum atomic E-state index is 11.7. The second kappa shape index (κ2) is 8.32. The van der Waals surface area contributed by atoms with Crippen molar-refractivity contribution in [3.05, 3.63) is 34.9 Å². The zero-order valence-corrected chi connectivity index (χ0v) is 12.9. The van der Waals surface area contributed by atoms with Crippen molar-refractivity contribution in [2.24, 2.45) is 0 Å². The molecule has 1 amide bonds. The molecule has 0 heterocycles. The Kier molecular flexibility index (Phi) is 6.75. The lowest BCUT2D eigenvalue weighted by atomic mass is 10.1. The van der Waals surface area contributed by atoms with Crippen LogP contribution in [0.4, 0.5) is 5.69 Å². The summed E-state index contributed by atoms with van der Waals surface area (Å²) in [4.78, 5) is 24.3. The van der Waals surface area contributed by atoms with Crippen molar-refractivity contribution in [2.45, 2.75) is 13.8 Å². The number of carboxylic acid groups (broad SMARTS) is 1. The van der Waals surface area contributed by atoms with Crippen LogP contribution in [0.5, 0.6) is 0 Å². The molecule has 2 N–H and O–H groups in total. The van der Waals surface area contributed by atoms with Gasteiger partial charge in [-0.25, -0.2) is 4.79 Å². The highest BCUT2D eigenvalue weighted by atomic mass is 35.5. The number of hydrogen-bond acceptors (Lipinski definition) is 3. The molecule has 0 radical (unpaired) electrons. The highest BCUT2D eigenvalue weighted by Crippen LogP contribution is 2.25. The number of benzene rings is 1. The zero-order valence-electron chi connectivity index (χ0n) is 12.1. The molecule has 0 fully saturated rings. The van der Waals surface area contributed by atoms with Gasteiger partial charge in [0.2, 0.25) is 5.91 Å². The molecule has 21 heavy (non-hydrogen) atoms. The van der Waals surface area contributed by atoms with Crippen molar-refractivity contribution in [1.82, 2.24) is 5.32 Å². The van der Waals surface area contributed by atoms with Gasteiger partial charge in [0.15, 0.2) is 0 Å². The van der Waals surface area contributed by atoms with E-state index in [-0.39, 0.29) is 12.5 Å². The molecular formula is C15H19ClN2O3. The van der Waals surface area contributed by atoms with E-state index in [1.165, 1.54) is 6.08 Å². The molecule has 0 bridgehead atoms. The van der Waals surface area contributed by atoms with Crippen molar-refractivity contribution in [1.29, 1.82) is 0 Å². The average molecular weight is 311 g/mol. The fourth-order valence-corrected chi connectivity index (χ4v) is 2.08. The number of likely N-dealkylation sites (N-methyl/N-ethyl adjacent to an activating group) is 2. The summed E-state index contributed by atoms with van der Waals surface area (Å²) in [5.74, 6) is -1.12. The van der Waals surface area contributed by atoms with Crippen LogP contribution in [0.15, 0.2) is 24.3 Å². The third-order valence-electron chi connectivity index (χ3n) is 2.83. The minimum atomic E-state index is -1.03. The smallest absolute Gasteiger partial charge is 0.328 e. The molecule has 6 heteroatoms. The SMILES string of the molecule is CCNC(=O)CN(CC)c1ccc(Cl)cc1/C=C/C(=O)O. The lowest BCUT2D eigenvalue weighted by molar-refractivity contribution is -0.131. The summed E-state index contributed by atoms with van der Waals surface area (Å²) in [6.07, 6.45) is 2.53. The molecule has 0 aliphatic heterocycles. The van der Waals surface area contributed by atoms with Crippen molar-refractivity contribution in [3.8, 4) is 0 Å². The first-order valence-electron chi connectivity index (χ1n) is 6.70. The molecule has 0 aliphatic rings. The predicted molar refractivity (Wildman–Crippen MR) is 84.7 cm³/mol. The van der Waals surface area contributed by atoms with Gasteiger partial charge in [-0.05, 0) is 43.7 Å². The van der Waals surface area contributed by atoms with Gasteiger partial charge in [-0.2, -0.15) is 0 Å². The number of aliphatic carboxylic acids is 1. The van der Waals surface area contributed by atoms with E-state index in [1.54, 1.807) is 18.2 Å².